The van der Waals surface area contributed by atoms with Gasteiger partial charge in [0.05, 0.1) is 22.4 Å². The van der Waals surface area contributed by atoms with Crippen LogP contribution in [0.1, 0.15) is 110 Å². The predicted octanol–water partition coefficient (Wildman–Crippen LogP) is 9.69. The molecule has 8 aromatic rings. The van der Waals surface area contributed by atoms with Gasteiger partial charge in [-0.05, 0) is 198 Å². The number of hydrogen-bond acceptors (Lipinski definition) is 24. The standard InChI is InChI=1S/C15H15FN4O.C14H20BClN4O2.C14H21BN4O3.C14H12ClFN4.C14H13FN4O/c1-10-17-14(19-15(21)18-10)20-8-6-12(7-9-20)11-2-4-13(16)5-3-11;1-13(2)14(3,4)22-15(21-13)10-5-7-20(8-6-10)12-18-9-17-11(16)19-12;1-13(2)14(3,4)22-15(21-13)10-5-7-19(8-6-10)11-16-9-17-12(20)18-11;15-13-17-9-18-14(19-13)20-7-5-11(6-8-20)10-1-3-12(16)4-2-10;15-12-3-1-10(2-4-12)11-5-7-19(8-6-11)13-16-9-17-14(20)18-13/h2-6H,7-9H2,1H3,(H,17,18,19,21);5,9H,6-8H2,1-4H3;5,9H,6-8H2,1-4H3,(H,16,17,18,20);1-5,9H,6-8H2;1-5,9H,6-8H2,(H,16,17,18,20). The fourth-order valence-corrected chi connectivity index (χ4v) is 12.1. The molecular weight excluding hydrogens is 1390 g/mol. The Balaban J connectivity index is 0.000000131. The van der Waals surface area contributed by atoms with Gasteiger partial charge in [0.1, 0.15) is 48.6 Å². The number of nitrogens with zero attached hydrogens (tertiary/aromatic N) is 17. The Morgan fingerprint density at radius 3 is 1.02 bits per heavy atom. The van der Waals surface area contributed by atoms with Crippen molar-refractivity contribution >= 4 is 83.9 Å². The van der Waals surface area contributed by atoms with Gasteiger partial charge in [-0.25, -0.2) is 57.5 Å². The first-order valence-electron chi connectivity index (χ1n) is 34.3. The second-order valence-electron chi connectivity index (χ2n) is 27.3. The lowest BCUT2D eigenvalue weighted by molar-refractivity contribution is 0.00578. The smallest absolute Gasteiger partial charge is 0.400 e. The normalized spacial score (nSPS) is 18.6. The van der Waals surface area contributed by atoms with Gasteiger partial charge in [-0.1, -0.05) is 66.8 Å². The highest BCUT2D eigenvalue weighted by Gasteiger charge is 2.53. The van der Waals surface area contributed by atoms with E-state index in [0.29, 0.717) is 68.3 Å². The van der Waals surface area contributed by atoms with Crippen LogP contribution in [-0.2, 0) is 18.6 Å². The lowest BCUT2D eigenvalue weighted by Crippen LogP contribution is -2.41. The minimum atomic E-state index is -0.400. The van der Waals surface area contributed by atoms with E-state index in [2.05, 4.69) is 138 Å². The molecule has 3 N–H and O–H groups in total. The van der Waals surface area contributed by atoms with E-state index in [1.807, 2.05) is 47.3 Å². The van der Waals surface area contributed by atoms with E-state index < -0.39 is 5.69 Å². The quantitative estimate of drug-likeness (QED) is 0.107. The number of aryl methyl sites for hydroxylation is 1. The van der Waals surface area contributed by atoms with Crippen LogP contribution in [0, 0.1) is 24.4 Å². The van der Waals surface area contributed by atoms with Crippen LogP contribution in [0.4, 0.5) is 42.9 Å². The molecule has 0 spiro atoms. The Labute approximate surface area is 615 Å². The summed E-state index contributed by atoms with van der Waals surface area (Å²) >= 11 is 11.6. The van der Waals surface area contributed by atoms with Crippen LogP contribution in [0.15, 0.2) is 154 Å². The fourth-order valence-electron chi connectivity index (χ4n) is 11.9. The molecule has 0 aliphatic carbocycles. The van der Waals surface area contributed by atoms with Crippen molar-refractivity contribution in [2.45, 2.75) is 117 Å². The molecule has 0 amide bonds. The molecule has 15 rings (SSSR count). The fraction of sp³-hybridized carbons (Fsp3) is 0.394. The van der Waals surface area contributed by atoms with Gasteiger partial charge in [-0.15, -0.1) is 0 Å². The van der Waals surface area contributed by atoms with Crippen molar-refractivity contribution in [3.05, 3.63) is 221 Å². The topological polar surface area (TPSA) is 306 Å². The SMILES string of the molecule is CC1(C)OB(C2=CCN(c3ncnc(=O)[nH]3)CC2)OC1(C)C.CC1(C)OB(C2=CCN(c3ncnc(Cl)n3)CC2)OC1(C)C.Cc1nc(N2CC=C(c3ccc(F)cc3)CC2)nc(=O)[nH]1.Fc1ccc(C2=CCN(c3ncnc(Cl)n3)CC2)cc1.O=c1ncnc(N2CC=C(c3ccc(F)cc3)CC2)[nH]1. The summed E-state index contributed by atoms with van der Waals surface area (Å²) in [6.07, 6.45) is 20.0. The number of hydrogen-bond donors (Lipinski definition) is 3. The molecule has 0 radical (unpaired) electrons. The first kappa shape index (κ1) is 76.3. The number of halogens is 5. The monoisotopic (exact) mass is 1470 g/mol. The molecule has 2 fully saturated rings. The lowest BCUT2D eigenvalue weighted by atomic mass is 9.75. The summed E-state index contributed by atoms with van der Waals surface area (Å²) in [6, 6.07) is 19.5. The zero-order chi connectivity index (χ0) is 74.6. The average Bonchev–Trinajstić information content (AvgIpc) is 1.58. The van der Waals surface area contributed by atoms with Crippen LogP contribution in [0.25, 0.3) is 16.7 Å². The van der Waals surface area contributed by atoms with Crippen molar-refractivity contribution in [2.24, 2.45) is 0 Å². The molecule has 12 heterocycles. The molecule has 7 aliphatic rings. The van der Waals surface area contributed by atoms with E-state index in [9.17, 15) is 27.6 Å². The number of anilines is 5. The maximum absolute atomic E-state index is 12.9. The predicted molar refractivity (Wildman–Crippen MR) is 398 cm³/mol. The maximum atomic E-state index is 12.9. The van der Waals surface area contributed by atoms with Crippen molar-refractivity contribution < 1.29 is 31.8 Å². The molecule has 5 aromatic heterocycles. The van der Waals surface area contributed by atoms with Crippen LogP contribution < -0.4 is 41.6 Å². The first-order chi connectivity index (χ1) is 50.1. The van der Waals surface area contributed by atoms with Crippen molar-refractivity contribution in [1.82, 2.24) is 74.8 Å². The van der Waals surface area contributed by atoms with Gasteiger partial charge < -0.3 is 43.1 Å². The zero-order valence-electron chi connectivity index (χ0n) is 59.7. The number of nitrogens with one attached hydrogen (secondary N) is 3. The summed E-state index contributed by atoms with van der Waals surface area (Å²) in [6.45, 7) is 25.4. The van der Waals surface area contributed by atoms with Crippen LogP contribution in [0.2, 0.25) is 10.6 Å². The number of aromatic amines is 3. The second kappa shape index (κ2) is 33.5. The van der Waals surface area contributed by atoms with Crippen molar-refractivity contribution in [3.63, 3.8) is 0 Å². The molecule has 27 nitrogen and oxygen atoms in total. The third kappa shape index (κ3) is 20.0. The number of benzene rings is 3. The molecule has 0 saturated carbocycles. The Bertz CT molecular complexity index is 4670. The van der Waals surface area contributed by atoms with Gasteiger partial charge in [0, 0.05) is 65.4 Å². The summed E-state index contributed by atoms with van der Waals surface area (Å²) in [5, 5.41) is 0.411. The summed E-state index contributed by atoms with van der Waals surface area (Å²) in [5.41, 5.74) is 6.56. The molecule has 105 heavy (non-hydrogen) atoms. The van der Waals surface area contributed by atoms with Gasteiger partial charge >= 0.3 is 31.3 Å². The van der Waals surface area contributed by atoms with Crippen molar-refractivity contribution in [2.75, 3.05) is 89.9 Å². The third-order valence-corrected chi connectivity index (χ3v) is 19.6. The molecule has 0 atom stereocenters. The molecule has 2 saturated heterocycles. The number of aromatic nitrogens is 15. The van der Waals surface area contributed by atoms with Crippen LogP contribution >= 0.6 is 23.2 Å². The highest BCUT2D eigenvalue weighted by molar-refractivity contribution is 6.55. The molecular formula is C71H81B2Cl2F3N20O7. The van der Waals surface area contributed by atoms with Crippen molar-refractivity contribution in [3.8, 4) is 0 Å². The van der Waals surface area contributed by atoms with E-state index in [0.717, 1.165) is 87.0 Å². The first-order valence-corrected chi connectivity index (χ1v) is 35.0. The van der Waals surface area contributed by atoms with E-state index in [4.69, 9.17) is 41.8 Å². The molecule has 0 bridgehead atoms. The van der Waals surface area contributed by atoms with Gasteiger partial charge in [0.25, 0.3) is 0 Å². The molecule has 3 aromatic carbocycles. The van der Waals surface area contributed by atoms with Gasteiger partial charge in [-0.3, -0.25) is 15.0 Å². The number of rotatable bonds is 10. The highest BCUT2D eigenvalue weighted by atomic mass is 35.5. The van der Waals surface area contributed by atoms with E-state index in [-0.39, 0.29) is 76.0 Å². The van der Waals surface area contributed by atoms with E-state index in [1.54, 1.807) is 43.3 Å². The minimum absolute atomic E-state index is 0.198. The third-order valence-electron chi connectivity index (χ3n) is 19.3. The van der Waals surface area contributed by atoms with Gasteiger partial charge in [0.2, 0.25) is 40.3 Å². The van der Waals surface area contributed by atoms with Gasteiger partial charge in [-0.2, -0.15) is 29.9 Å². The molecule has 0 unspecified atom stereocenters. The summed E-state index contributed by atoms with van der Waals surface area (Å²) in [7, 11) is -0.564. The molecule has 548 valence electrons. The Morgan fingerprint density at radius 2 is 0.705 bits per heavy atom. The summed E-state index contributed by atoms with van der Waals surface area (Å²) in [5.74, 6) is 2.58. The average molecular weight is 1480 g/mol. The summed E-state index contributed by atoms with van der Waals surface area (Å²) in [4.78, 5) is 99.0. The number of H-pyrrole nitrogens is 3. The van der Waals surface area contributed by atoms with E-state index >= 15 is 0 Å². The Hall–Kier alpha value is -9.85. The Morgan fingerprint density at radius 1 is 0.381 bits per heavy atom. The maximum Gasteiger partial charge on any atom is 0.490 e. The minimum Gasteiger partial charge on any atom is -0.400 e. The Kier molecular flexibility index (Phi) is 24.3. The van der Waals surface area contributed by atoms with E-state index in [1.165, 1.54) is 83.9 Å². The highest BCUT2D eigenvalue weighted by Crippen LogP contribution is 2.41. The van der Waals surface area contributed by atoms with Crippen LogP contribution in [0.5, 0.6) is 0 Å². The second-order valence-corrected chi connectivity index (χ2v) is 28.0. The van der Waals surface area contributed by atoms with Crippen LogP contribution in [-0.4, -0.2) is 177 Å². The largest absolute Gasteiger partial charge is 0.490 e. The van der Waals surface area contributed by atoms with Gasteiger partial charge in [0.15, 0.2) is 0 Å². The lowest BCUT2D eigenvalue weighted by Gasteiger charge is -2.32. The molecule has 34 heteroatoms. The molecule has 7 aliphatic heterocycles. The summed E-state index contributed by atoms with van der Waals surface area (Å²) < 4.78 is 63.1. The van der Waals surface area contributed by atoms with Crippen molar-refractivity contribution in [1.29, 1.82) is 0 Å². The zero-order valence-corrected chi connectivity index (χ0v) is 61.2. The van der Waals surface area contributed by atoms with Crippen LogP contribution in [0.3, 0.4) is 0 Å².